The molecule has 0 aliphatic heterocycles. The molecule has 1 atom stereocenters. The zero-order valence-corrected chi connectivity index (χ0v) is 19.5. The number of aromatic amines is 1. The van der Waals surface area contributed by atoms with E-state index >= 15 is 0 Å². The van der Waals surface area contributed by atoms with Crippen LogP contribution in [0.5, 0.6) is 0 Å². The van der Waals surface area contributed by atoms with E-state index in [1.807, 2.05) is 0 Å². The molecule has 0 fully saturated rings. The van der Waals surface area contributed by atoms with E-state index in [4.69, 9.17) is 21.7 Å². The molecule has 14 nitrogen and oxygen atoms in total. The van der Waals surface area contributed by atoms with Gasteiger partial charge in [0.1, 0.15) is 9.79 Å². The van der Waals surface area contributed by atoms with Crippen LogP contribution in [0, 0.1) is 0 Å². The van der Waals surface area contributed by atoms with Crippen LogP contribution in [0.15, 0.2) is 46.2 Å². The number of anilines is 1. The molecule has 184 valence electrons. The van der Waals surface area contributed by atoms with Gasteiger partial charge in [0.2, 0.25) is 25.9 Å². The zero-order valence-electron chi connectivity index (χ0n) is 17.8. The standard InChI is InChI=1S/C18H25N9O5S2/c19-6-7-23-34(31,32)15-5-4-14(11-2-1-3-13(8-11)22-9-12(20)10-28)16(17(15)33(21,29)30)18-24-26-27-25-18/h1-5,8,12,22-23,28H,6-7,9-10,19-20H2,(H2,21,29,30)(H,24,25,26,27). The third-order valence-corrected chi connectivity index (χ3v) is 7.30. The summed E-state index contributed by atoms with van der Waals surface area (Å²) in [6, 6.07) is 8.90. The lowest BCUT2D eigenvalue weighted by molar-refractivity contribution is 0.270. The third-order valence-electron chi connectivity index (χ3n) is 4.68. The van der Waals surface area contributed by atoms with Crippen molar-refractivity contribution in [1.29, 1.82) is 0 Å². The summed E-state index contributed by atoms with van der Waals surface area (Å²) in [4.78, 5) is -1.26. The number of aliphatic hydroxyl groups is 1. The van der Waals surface area contributed by atoms with E-state index in [0.717, 1.165) is 6.07 Å². The topological polar surface area (TPSA) is 245 Å². The molecule has 1 unspecified atom stereocenters. The van der Waals surface area contributed by atoms with Gasteiger partial charge < -0.3 is 21.9 Å². The lowest BCUT2D eigenvalue weighted by Crippen LogP contribution is -2.32. The number of benzene rings is 2. The van der Waals surface area contributed by atoms with Crippen LogP contribution in [-0.2, 0) is 20.0 Å². The van der Waals surface area contributed by atoms with Crippen LogP contribution in [0.25, 0.3) is 22.5 Å². The van der Waals surface area contributed by atoms with E-state index in [-0.39, 0.29) is 37.6 Å². The summed E-state index contributed by atoms with van der Waals surface area (Å²) in [6.45, 7) is -0.0422. The quantitative estimate of drug-likeness (QED) is 0.150. The molecule has 0 bridgehead atoms. The lowest BCUT2D eigenvalue weighted by atomic mass is 9.98. The van der Waals surface area contributed by atoms with Crippen molar-refractivity contribution in [3.05, 3.63) is 36.4 Å². The number of H-pyrrole nitrogens is 1. The van der Waals surface area contributed by atoms with Crippen molar-refractivity contribution in [1.82, 2.24) is 25.3 Å². The fourth-order valence-electron chi connectivity index (χ4n) is 3.17. The largest absolute Gasteiger partial charge is 0.395 e. The van der Waals surface area contributed by atoms with E-state index in [1.165, 1.54) is 6.07 Å². The predicted octanol–water partition coefficient (Wildman–Crippen LogP) is -1.85. The monoisotopic (exact) mass is 511 g/mol. The van der Waals surface area contributed by atoms with E-state index < -0.39 is 35.9 Å². The SMILES string of the molecule is NCCNS(=O)(=O)c1ccc(-c2cccc(NCC(N)CO)c2)c(-c2nn[nH]n2)c1S(N)(=O)=O. The first kappa shape index (κ1) is 25.6. The number of aliphatic hydroxyl groups excluding tert-OH is 1. The van der Waals surface area contributed by atoms with Gasteiger partial charge in [0.15, 0.2) is 0 Å². The number of primary sulfonamides is 1. The van der Waals surface area contributed by atoms with Gasteiger partial charge >= 0.3 is 0 Å². The fourth-order valence-corrected chi connectivity index (χ4v) is 5.82. The van der Waals surface area contributed by atoms with Crippen molar-refractivity contribution in [2.75, 3.05) is 31.6 Å². The van der Waals surface area contributed by atoms with Crippen LogP contribution in [-0.4, -0.2) is 74.8 Å². The minimum atomic E-state index is -4.60. The Morgan fingerprint density at radius 2 is 1.91 bits per heavy atom. The number of hydrogen-bond acceptors (Lipinski definition) is 11. The van der Waals surface area contributed by atoms with Crippen molar-refractivity contribution in [3.63, 3.8) is 0 Å². The molecule has 3 aromatic rings. The van der Waals surface area contributed by atoms with Crippen molar-refractivity contribution in [2.24, 2.45) is 16.6 Å². The average molecular weight is 512 g/mol. The molecular formula is C18H25N9O5S2. The highest BCUT2D eigenvalue weighted by atomic mass is 32.2. The van der Waals surface area contributed by atoms with Gasteiger partial charge in [-0.05, 0) is 34.5 Å². The van der Waals surface area contributed by atoms with Crippen LogP contribution < -0.4 is 26.6 Å². The zero-order chi connectivity index (χ0) is 24.9. The summed E-state index contributed by atoms with van der Waals surface area (Å²) in [5, 5.41) is 31.1. The summed E-state index contributed by atoms with van der Waals surface area (Å²) in [5.74, 6) is -0.171. The number of nitrogens with two attached hydrogens (primary N) is 3. The number of tetrazole rings is 1. The maximum atomic E-state index is 12.9. The molecule has 2 aromatic carbocycles. The smallest absolute Gasteiger partial charge is 0.241 e. The molecule has 1 aromatic heterocycles. The Morgan fingerprint density at radius 3 is 2.53 bits per heavy atom. The summed E-state index contributed by atoms with van der Waals surface area (Å²) >= 11 is 0. The minimum Gasteiger partial charge on any atom is -0.395 e. The molecule has 10 N–H and O–H groups in total. The first-order valence-electron chi connectivity index (χ1n) is 9.92. The Balaban J connectivity index is 2.26. The molecular weight excluding hydrogens is 486 g/mol. The maximum absolute atomic E-state index is 12.9. The molecule has 34 heavy (non-hydrogen) atoms. The molecule has 0 saturated heterocycles. The molecule has 0 amide bonds. The number of aromatic nitrogens is 4. The first-order valence-corrected chi connectivity index (χ1v) is 13.0. The van der Waals surface area contributed by atoms with Crippen molar-refractivity contribution < 1.29 is 21.9 Å². The first-order chi connectivity index (χ1) is 16.1. The normalized spacial score (nSPS) is 13.1. The van der Waals surface area contributed by atoms with Crippen LogP contribution in [0.3, 0.4) is 0 Å². The van der Waals surface area contributed by atoms with Crippen molar-refractivity contribution in [2.45, 2.75) is 15.8 Å². The summed E-state index contributed by atoms with van der Waals surface area (Å²) in [7, 11) is -8.90. The second kappa shape index (κ2) is 10.5. The molecule has 0 aliphatic rings. The number of hydrogen-bond donors (Lipinski definition) is 7. The van der Waals surface area contributed by atoms with Crippen LogP contribution in [0.1, 0.15) is 0 Å². The second-order valence-corrected chi connectivity index (χ2v) is 10.4. The van der Waals surface area contributed by atoms with E-state index in [1.54, 1.807) is 24.3 Å². The van der Waals surface area contributed by atoms with Crippen LogP contribution in [0.4, 0.5) is 5.69 Å². The van der Waals surface area contributed by atoms with Gasteiger partial charge in [-0.15, -0.1) is 10.2 Å². The Morgan fingerprint density at radius 1 is 1.15 bits per heavy atom. The van der Waals surface area contributed by atoms with Gasteiger partial charge in [-0.25, -0.2) is 26.7 Å². The molecule has 16 heteroatoms. The van der Waals surface area contributed by atoms with E-state index in [9.17, 15) is 16.8 Å². The highest BCUT2D eigenvalue weighted by Crippen LogP contribution is 2.39. The van der Waals surface area contributed by atoms with Gasteiger partial charge in [0.25, 0.3) is 0 Å². The molecule has 3 rings (SSSR count). The Hall–Kier alpha value is -2.99. The highest BCUT2D eigenvalue weighted by Gasteiger charge is 2.31. The van der Waals surface area contributed by atoms with Gasteiger partial charge in [-0.3, -0.25) is 0 Å². The third kappa shape index (κ3) is 5.73. The lowest BCUT2D eigenvalue weighted by Gasteiger charge is -2.17. The second-order valence-electron chi connectivity index (χ2n) is 7.19. The molecule has 0 aliphatic carbocycles. The highest BCUT2D eigenvalue weighted by molar-refractivity contribution is 7.92. The van der Waals surface area contributed by atoms with Crippen LogP contribution in [0.2, 0.25) is 0 Å². The maximum Gasteiger partial charge on any atom is 0.241 e. The molecule has 0 saturated carbocycles. The fraction of sp³-hybridized carbons (Fsp3) is 0.278. The average Bonchev–Trinajstić information content (AvgIpc) is 3.34. The molecule has 0 radical (unpaired) electrons. The van der Waals surface area contributed by atoms with Gasteiger partial charge in [-0.1, -0.05) is 18.2 Å². The van der Waals surface area contributed by atoms with Crippen molar-refractivity contribution in [3.8, 4) is 22.5 Å². The number of nitrogens with one attached hydrogen (secondary N) is 3. The Kier molecular flexibility index (Phi) is 7.93. The summed E-state index contributed by atoms with van der Waals surface area (Å²) in [5.41, 5.74) is 12.4. The summed E-state index contributed by atoms with van der Waals surface area (Å²) < 4.78 is 53.3. The molecule has 1 heterocycles. The van der Waals surface area contributed by atoms with Gasteiger partial charge in [-0.2, -0.15) is 5.21 Å². The molecule has 0 spiro atoms. The van der Waals surface area contributed by atoms with Gasteiger partial charge in [0.05, 0.1) is 12.2 Å². The van der Waals surface area contributed by atoms with Crippen molar-refractivity contribution >= 4 is 25.7 Å². The number of rotatable bonds is 11. The van der Waals surface area contributed by atoms with E-state index in [2.05, 4.69) is 30.7 Å². The minimum absolute atomic E-state index is 0.000544. The number of sulfonamides is 2. The predicted molar refractivity (Wildman–Crippen MR) is 124 cm³/mol. The Labute approximate surface area is 196 Å². The van der Waals surface area contributed by atoms with Crippen LogP contribution >= 0.6 is 0 Å². The Bertz CT molecular complexity index is 1350. The number of nitrogens with zero attached hydrogens (tertiary/aromatic N) is 3. The van der Waals surface area contributed by atoms with E-state index in [0.29, 0.717) is 16.8 Å². The van der Waals surface area contributed by atoms with Gasteiger partial charge in [0, 0.05) is 31.4 Å². The summed E-state index contributed by atoms with van der Waals surface area (Å²) in [6.07, 6.45) is 0.